The molecule has 0 bridgehead atoms. The fourth-order valence-electron chi connectivity index (χ4n) is 2.88. The highest BCUT2D eigenvalue weighted by Gasteiger charge is 2.34. The molecule has 3 amide bonds. The molecule has 1 N–H and O–H groups in total. The second-order valence-electron chi connectivity index (χ2n) is 6.56. The number of hydrogen-bond acceptors (Lipinski definition) is 7. The third-order valence-corrected chi connectivity index (χ3v) is 5.96. The number of amides is 3. The van der Waals surface area contributed by atoms with Gasteiger partial charge in [0, 0.05) is 28.7 Å². The van der Waals surface area contributed by atoms with Gasteiger partial charge >= 0.3 is 0 Å². The number of nitrogens with zero attached hydrogens (tertiary/aromatic N) is 5. The number of carbonyl (C=O) groups excluding carboxylic acids is 3. The predicted octanol–water partition coefficient (Wildman–Crippen LogP) is 3.44. The van der Waals surface area contributed by atoms with E-state index in [1.807, 2.05) is 0 Å². The van der Waals surface area contributed by atoms with Gasteiger partial charge in [-0.15, -0.1) is 5.10 Å². The van der Waals surface area contributed by atoms with Gasteiger partial charge in [-0.2, -0.15) is 0 Å². The lowest BCUT2D eigenvalue weighted by molar-refractivity contribution is -0.122. The smallest absolute Gasteiger partial charge is 0.293 e. The predicted molar refractivity (Wildman–Crippen MR) is 121 cm³/mol. The topological polar surface area (TPSA) is 110 Å². The van der Waals surface area contributed by atoms with Gasteiger partial charge < -0.3 is 5.32 Å². The average Bonchev–Trinajstić information content (AvgIpc) is 3.40. The highest BCUT2D eigenvalue weighted by atomic mass is 35.5. The van der Waals surface area contributed by atoms with E-state index in [1.54, 1.807) is 48.5 Å². The van der Waals surface area contributed by atoms with Gasteiger partial charge in [0.2, 0.25) is 0 Å². The number of tetrazole rings is 1. The molecular weight excluding hydrogens is 475 g/mol. The average molecular weight is 489 g/mol. The lowest BCUT2D eigenvalue weighted by Gasteiger charge is -2.13. The van der Waals surface area contributed by atoms with Gasteiger partial charge in [-0.25, -0.2) is 4.68 Å². The van der Waals surface area contributed by atoms with Crippen molar-refractivity contribution in [1.29, 1.82) is 0 Å². The summed E-state index contributed by atoms with van der Waals surface area (Å²) in [7, 11) is 0. The van der Waals surface area contributed by atoms with Crippen molar-refractivity contribution in [2.24, 2.45) is 0 Å². The van der Waals surface area contributed by atoms with Crippen LogP contribution in [0.25, 0.3) is 11.8 Å². The van der Waals surface area contributed by atoms with Crippen molar-refractivity contribution in [3.8, 4) is 5.69 Å². The number of nitrogens with one attached hydrogen (secondary N) is 1. The van der Waals surface area contributed by atoms with Crippen LogP contribution >= 0.6 is 35.0 Å². The van der Waals surface area contributed by atoms with Gasteiger partial charge in [0.15, 0.2) is 0 Å². The Morgan fingerprint density at radius 3 is 2.59 bits per heavy atom. The summed E-state index contributed by atoms with van der Waals surface area (Å²) in [6.07, 6.45) is 3.00. The second kappa shape index (κ2) is 9.51. The third-order valence-electron chi connectivity index (χ3n) is 4.49. The Kier molecular flexibility index (Phi) is 6.54. The second-order valence-corrected chi connectivity index (χ2v) is 8.39. The number of benzene rings is 2. The number of thioether (sulfide) groups is 1. The van der Waals surface area contributed by atoms with Crippen molar-refractivity contribution >= 4 is 58.1 Å². The van der Waals surface area contributed by atoms with Gasteiger partial charge in [-0.05, 0) is 70.2 Å². The molecule has 162 valence electrons. The van der Waals surface area contributed by atoms with E-state index < -0.39 is 11.1 Å². The molecule has 0 saturated carbocycles. The van der Waals surface area contributed by atoms with Crippen molar-refractivity contribution in [3.63, 3.8) is 0 Å². The maximum Gasteiger partial charge on any atom is 0.293 e. The zero-order valence-electron chi connectivity index (χ0n) is 16.2. The Bertz CT molecular complexity index is 1210. The van der Waals surface area contributed by atoms with Crippen LogP contribution in [-0.4, -0.2) is 55.3 Å². The summed E-state index contributed by atoms with van der Waals surface area (Å²) in [4.78, 5) is 38.6. The molecule has 2 heterocycles. The molecule has 3 aromatic rings. The van der Waals surface area contributed by atoms with Crippen molar-refractivity contribution < 1.29 is 14.4 Å². The molecule has 9 nitrogen and oxygen atoms in total. The van der Waals surface area contributed by atoms with Crippen LogP contribution in [0.3, 0.4) is 0 Å². The first-order chi connectivity index (χ1) is 15.4. The van der Waals surface area contributed by atoms with Crippen LogP contribution in [-0.2, 0) is 4.79 Å². The van der Waals surface area contributed by atoms with E-state index in [1.165, 1.54) is 11.0 Å². The fraction of sp³-hybridized carbons (Fsp3) is 0.100. The number of aromatic nitrogens is 4. The summed E-state index contributed by atoms with van der Waals surface area (Å²) in [5.74, 6) is -0.769. The normalized spacial score (nSPS) is 14.9. The molecule has 0 unspecified atom stereocenters. The minimum Gasteiger partial charge on any atom is -0.350 e. The van der Waals surface area contributed by atoms with Crippen LogP contribution in [0.5, 0.6) is 0 Å². The summed E-state index contributed by atoms with van der Waals surface area (Å²) in [5, 5.41) is 14.0. The van der Waals surface area contributed by atoms with E-state index in [0.717, 1.165) is 16.7 Å². The van der Waals surface area contributed by atoms with Gasteiger partial charge in [-0.3, -0.25) is 19.3 Å². The molecule has 1 aliphatic heterocycles. The highest BCUT2D eigenvalue weighted by molar-refractivity contribution is 8.18. The first-order valence-electron chi connectivity index (χ1n) is 9.24. The van der Waals surface area contributed by atoms with Gasteiger partial charge in [0.25, 0.3) is 17.1 Å². The largest absolute Gasteiger partial charge is 0.350 e. The Balaban J connectivity index is 1.34. The highest BCUT2D eigenvalue weighted by Crippen LogP contribution is 2.33. The van der Waals surface area contributed by atoms with E-state index >= 15 is 0 Å². The Hall–Kier alpha value is -3.21. The Morgan fingerprint density at radius 2 is 1.91 bits per heavy atom. The summed E-state index contributed by atoms with van der Waals surface area (Å²) >= 11 is 12.8. The monoisotopic (exact) mass is 488 g/mol. The summed E-state index contributed by atoms with van der Waals surface area (Å²) in [6.45, 7) is 0.158. The molecular formula is C20H14Cl2N6O3S. The standard InChI is InChI=1S/C20H14Cl2N6O3S/c21-14-4-1-13(16(22)10-14)9-17-19(30)27(20(31)32-17)8-7-23-18(29)12-2-5-15(6-3-12)28-11-24-25-26-28/h1-6,9-11H,7-8H2,(H,23,29)/b17-9-. The lowest BCUT2D eigenvalue weighted by atomic mass is 10.2. The van der Waals surface area contributed by atoms with Crippen molar-refractivity contribution in [2.45, 2.75) is 0 Å². The van der Waals surface area contributed by atoms with Crippen LogP contribution in [0, 0.1) is 0 Å². The minimum absolute atomic E-state index is 0.0464. The lowest BCUT2D eigenvalue weighted by Crippen LogP contribution is -2.37. The molecule has 0 aliphatic carbocycles. The number of hydrogen-bond donors (Lipinski definition) is 1. The van der Waals surface area contributed by atoms with Gasteiger partial charge in [0.05, 0.1) is 10.6 Å². The molecule has 0 spiro atoms. The molecule has 1 saturated heterocycles. The summed E-state index contributed by atoms with van der Waals surface area (Å²) in [6, 6.07) is 11.5. The molecule has 32 heavy (non-hydrogen) atoms. The zero-order chi connectivity index (χ0) is 22.7. The summed E-state index contributed by atoms with van der Waals surface area (Å²) in [5.41, 5.74) is 1.71. The van der Waals surface area contributed by atoms with E-state index in [4.69, 9.17) is 23.2 Å². The number of halogens is 2. The van der Waals surface area contributed by atoms with Gasteiger partial charge in [0.1, 0.15) is 6.33 Å². The SMILES string of the molecule is O=C(NCCN1C(=O)S/C(=C\c2ccc(Cl)cc2Cl)C1=O)c1ccc(-n2cnnn2)cc1. The fourth-order valence-corrected chi connectivity index (χ4v) is 4.20. The summed E-state index contributed by atoms with van der Waals surface area (Å²) < 4.78 is 1.46. The maximum atomic E-state index is 12.6. The van der Waals surface area contributed by atoms with Crippen LogP contribution < -0.4 is 5.32 Å². The van der Waals surface area contributed by atoms with Crippen LogP contribution in [0.4, 0.5) is 4.79 Å². The van der Waals surface area contributed by atoms with Crippen molar-refractivity contribution in [2.75, 3.05) is 13.1 Å². The molecule has 0 atom stereocenters. The molecule has 12 heteroatoms. The van der Waals surface area contributed by atoms with Gasteiger partial charge in [-0.1, -0.05) is 29.3 Å². The van der Waals surface area contributed by atoms with E-state index in [-0.39, 0.29) is 23.9 Å². The molecule has 1 aliphatic rings. The van der Waals surface area contributed by atoms with E-state index in [9.17, 15) is 14.4 Å². The molecule has 0 radical (unpaired) electrons. The van der Waals surface area contributed by atoms with E-state index in [0.29, 0.717) is 26.9 Å². The Labute approximate surface area is 196 Å². The van der Waals surface area contributed by atoms with E-state index in [2.05, 4.69) is 20.8 Å². The number of rotatable bonds is 6. The molecule has 1 aromatic heterocycles. The number of carbonyl (C=O) groups is 3. The van der Waals surface area contributed by atoms with Crippen LogP contribution in [0.15, 0.2) is 53.7 Å². The van der Waals surface area contributed by atoms with Crippen LogP contribution in [0.2, 0.25) is 10.0 Å². The quantitative estimate of drug-likeness (QED) is 0.529. The molecule has 2 aromatic carbocycles. The minimum atomic E-state index is -0.439. The van der Waals surface area contributed by atoms with Crippen LogP contribution in [0.1, 0.15) is 15.9 Å². The maximum absolute atomic E-state index is 12.6. The first kappa shape index (κ1) is 22.0. The Morgan fingerprint density at radius 1 is 1.12 bits per heavy atom. The molecule has 4 rings (SSSR count). The third kappa shape index (κ3) is 4.82. The van der Waals surface area contributed by atoms with Crippen molar-refractivity contribution in [1.82, 2.24) is 30.4 Å². The first-order valence-corrected chi connectivity index (χ1v) is 10.8. The molecule has 1 fully saturated rings. The zero-order valence-corrected chi connectivity index (χ0v) is 18.6. The van der Waals surface area contributed by atoms with Crippen molar-refractivity contribution in [3.05, 3.63) is 74.9 Å². The number of imide groups is 1.